The fraction of sp³-hybridized carbons (Fsp3) is 0.667. The van der Waals surface area contributed by atoms with Gasteiger partial charge < -0.3 is 10.0 Å². The smallest absolute Gasteiger partial charge is 0.254 e. The van der Waals surface area contributed by atoms with Crippen molar-refractivity contribution in [1.29, 1.82) is 0 Å². The van der Waals surface area contributed by atoms with E-state index in [1.54, 1.807) is 11.3 Å². The number of carbonyl (C=O) groups is 1. The summed E-state index contributed by atoms with van der Waals surface area (Å²) in [4.78, 5) is 15.8. The first-order valence-corrected chi connectivity index (χ1v) is 8.04. The first kappa shape index (κ1) is 14.5. The summed E-state index contributed by atoms with van der Waals surface area (Å²) >= 11 is 1.74. The van der Waals surface area contributed by atoms with Gasteiger partial charge in [0.1, 0.15) is 0 Å². The third kappa shape index (κ3) is 3.18. The molecule has 1 atom stereocenters. The maximum absolute atomic E-state index is 12.5. The second kappa shape index (κ2) is 6.53. The van der Waals surface area contributed by atoms with Gasteiger partial charge in [0.2, 0.25) is 0 Å². The molecule has 0 aromatic carbocycles. The molecule has 0 radical (unpaired) electrons. The Bertz CT molecular complexity index is 441. The molecular weight excluding hydrogens is 258 g/mol. The topological polar surface area (TPSA) is 40.5 Å². The molecule has 1 aromatic rings. The maximum atomic E-state index is 12.5. The quantitative estimate of drug-likeness (QED) is 0.901. The summed E-state index contributed by atoms with van der Waals surface area (Å²) in [5, 5.41) is 10.9. The molecule has 1 unspecified atom stereocenters. The van der Waals surface area contributed by atoms with Gasteiger partial charge in [-0.1, -0.05) is 6.92 Å². The van der Waals surface area contributed by atoms with Gasteiger partial charge in [0.05, 0.1) is 5.56 Å². The van der Waals surface area contributed by atoms with Crippen LogP contribution in [0.25, 0.3) is 0 Å². The number of hydrogen-bond donors (Lipinski definition) is 1. The molecule has 2 rings (SSSR count). The molecule has 1 N–H and O–H groups in total. The van der Waals surface area contributed by atoms with Crippen LogP contribution in [0, 0.1) is 5.92 Å². The van der Waals surface area contributed by atoms with Crippen LogP contribution in [0.1, 0.15) is 47.5 Å². The predicted molar refractivity (Wildman–Crippen MR) is 78.8 cm³/mol. The van der Waals surface area contributed by atoms with Gasteiger partial charge in [-0.05, 0) is 44.1 Å². The molecule has 0 aliphatic heterocycles. The summed E-state index contributed by atoms with van der Waals surface area (Å²) in [7, 11) is 0. The van der Waals surface area contributed by atoms with Crippen LogP contribution in [0.4, 0.5) is 0 Å². The number of hydrogen-bond acceptors (Lipinski definition) is 3. The first-order valence-electron chi connectivity index (χ1n) is 7.16. The summed E-state index contributed by atoms with van der Waals surface area (Å²) < 4.78 is 0. The fourth-order valence-corrected chi connectivity index (χ4v) is 3.93. The van der Waals surface area contributed by atoms with Crippen molar-refractivity contribution in [2.75, 3.05) is 19.7 Å². The molecule has 0 fully saturated rings. The second-order valence-corrected chi connectivity index (χ2v) is 6.33. The van der Waals surface area contributed by atoms with Crippen molar-refractivity contribution in [2.24, 2.45) is 5.92 Å². The number of nitrogens with zero attached hydrogens (tertiary/aromatic N) is 1. The number of rotatable bonds is 5. The normalized spacial score (nSPS) is 18.2. The van der Waals surface area contributed by atoms with Gasteiger partial charge in [-0.3, -0.25) is 4.79 Å². The minimum Gasteiger partial charge on any atom is -0.396 e. The number of fused-ring (bicyclic) bond motifs is 1. The van der Waals surface area contributed by atoms with Gasteiger partial charge in [0.15, 0.2) is 0 Å². The fourth-order valence-electron chi connectivity index (χ4n) is 2.69. The Kier molecular flexibility index (Phi) is 4.99. The first-order chi connectivity index (χ1) is 9.17. The SMILES string of the molecule is CCN(CCCO)C(=O)c1csc2c1CCC(C)C2. The lowest BCUT2D eigenvalue weighted by Crippen LogP contribution is -2.32. The van der Waals surface area contributed by atoms with Crippen LogP contribution in [0.3, 0.4) is 0 Å². The van der Waals surface area contributed by atoms with Crippen LogP contribution in [-0.2, 0) is 12.8 Å². The van der Waals surface area contributed by atoms with E-state index < -0.39 is 0 Å². The highest BCUT2D eigenvalue weighted by atomic mass is 32.1. The molecule has 1 aliphatic carbocycles. The maximum Gasteiger partial charge on any atom is 0.254 e. The van der Waals surface area contributed by atoms with E-state index in [-0.39, 0.29) is 12.5 Å². The molecule has 1 aromatic heterocycles. The van der Waals surface area contributed by atoms with Crippen LogP contribution in [0.2, 0.25) is 0 Å². The molecule has 4 heteroatoms. The average Bonchev–Trinajstić information content (AvgIpc) is 2.82. The molecule has 1 amide bonds. The summed E-state index contributed by atoms with van der Waals surface area (Å²) in [5.74, 6) is 0.883. The van der Waals surface area contributed by atoms with Gasteiger partial charge in [0.25, 0.3) is 5.91 Å². The third-order valence-corrected chi connectivity index (χ3v) is 4.94. The van der Waals surface area contributed by atoms with Crippen molar-refractivity contribution in [3.8, 4) is 0 Å². The van der Waals surface area contributed by atoms with E-state index >= 15 is 0 Å². The Morgan fingerprint density at radius 2 is 2.37 bits per heavy atom. The highest BCUT2D eigenvalue weighted by molar-refractivity contribution is 7.10. The highest BCUT2D eigenvalue weighted by Crippen LogP contribution is 2.33. The molecule has 1 aliphatic rings. The molecule has 3 nitrogen and oxygen atoms in total. The minimum absolute atomic E-state index is 0.142. The molecule has 19 heavy (non-hydrogen) atoms. The predicted octanol–water partition coefficient (Wildman–Crippen LogP) is 2.72. The van der Waals surface area contributed by atoms with E-state index in [0.29, 0.717) is 19.5 Å². The summed E-state index contributed by atoms with van der Waals surface area (Å²) in [6, 6.07) is 0. The molecule has 106 valence electrons. The molecule has 1 heterocycles. The van der Waals surface area contributed by atoms with Crippen molar-refractivity contribution < 1.29 is 9.90 Å². The zero-order valence-electron chi connectivity index (χ0n) is 11.8. The number of carbonyl (C=O) groups excluding carboxylic acids is 1. The number of aliphatic hydroxyl groups excluding tert-OH is 1. The van der Waals surface area contributed by atoms with Crippen molar-refractivity contribution >= 4 is 17.2 Å². The molecule has 0 bridgehead atoms. The van der Waals surface area contributed by atoms with E-state index in [0.717, 1.165) is 24.3 Å². The van der Waals surface area contributed by atoms with Crippen LogP contribution in [0.15, 0.2) is 5.38 Å². The average molecular weight is 281 g/mol. The summed E-state index contributed by atoms with van der Waals surface area (Å²) in [6.45, 7) is 5.77. The molecular formula is C15H23NO2S. The monoisotopic (exact) mass is 281 g/mol. The van der Waals surface area contributed by atoms with E-state index in [2.05, 4.69) is 6.92 Å². The Labute approximate surface area is 119 Å². The Morgan fingerprint density at radius 1 is 1.58 bits per heavy atom. The molecule has 0 saturated heterocycles. The summed E-state index contributed by atoms with van der Waals surface area (Å²) in [5.41, 5.74) is 2.20. The zero-order chi connectivity index (χ0) is 13.8. The van der Waals surface area contributed by atoms with E-state index in [9.17, 15) is 4.79 Å². The lowest BCUT2D eigenvalue weighted by Gasteiger charge is -2.23. The van der Waals surface area contributed by atoms with Gasteiger partial charge in [-0.15, -0.1) is 11.3 Å². The van der Waals surface area contributed by atoms with E-state index in [1.807, 2.05) is 17.2 Å². The lowest BCUT2D eigenvalue weighted by atomic mass is 9.88. The number of amides is 1. The number of aliphatic hydroxyl groups is 1. The zero-order valence-corrected chi connectivity index (χ0v) is 12.6. The van der Waals surface area contributed by atoms with Gasteiger partial charge >= 0.3 is 0 Å². The Hall–Kier alpha value is -0.870. The number of thiophene rings is 1. The van der Waals surface area contributed by atoms with Crippen molar-refractivity contribution in [2.45, 2.75) is 39.5 Å². The second-order valence-electron chi connectivity index (χ2n) is 5.36. The lowest BCUT2D eigenvalue weighted by molar-refractivity contribution is 0.0753. The van der Waals surface area contributed by atoms with Crippen LogP contribution < -0.4 is 0 Å². The van der Waals surface area contributed by atoms with E-state index in [4.69, 9.17) is 5.11 Å². The van der Waals surface area contributed by atoms with Crippen LogP contribution in [-0.4, -0.2) is 35.6 Å². The van der Waals surface area contributed by atoms with Gasteiger partial charge in [-0.2, -0.15) is 0 Å². The largest absolute Gasteiger partial charge is 0.396 e. The van der Waals surface area contributed by atoms with E-state index in [1.165, 1.54) is 16.9 Å². The van der Waals surface area contributed by atoms with Crippen molar-refractivity contribution in [1.82, 2.24) is 4.90 Å². The van der Waals surface area contributed by atoms with Crippen molar-refractivity contribution in [3.63, 3.8) is 0 Å². The Morgan fingerprint density at radius 3 is 3.05 bits per heavy atom. The summed E-state index contributed by atoms with van der Waals surface area (Å²) in [6.07, 6.45) is 4.00. The molecule has 0 spiro atoms. The third-order valence-electron chi connectivity index (χ3n) is 3.89. The minimum atomic E-state index is 0.142. The van der Waals surface area contributed by atoms with Gasteiger partial charge in [-0.25, -0.2) is 0 Å². The standard InChI is InChI=1S/C15H23NO2S/c1-3-16(7-4-8-17)15(18)13-10-19-14-9-11(2)5-6-12(13)14/h10-11,17H,3-9H2,1-2H3. The Balaban J connectivity index is 2.15. The van der Waals surface area contributed by atoms with Crippen molar-refractivity contribution in [3.05, 3.63) is 21.4 Å². The van der Waals surface area contributed by atoms with Crippen LogP contribution >= 0.6 is 11.3 Å². The van der Waals surface area contributed by atoms with Crippen LogP contribution in [0.5, 0.6) is 0 Å². The highest BCUT2D eigenvalue weighted by Gasteiger charge is 2.25. The molecule has 0 saturated carbocycles. The van der Waals surface area contributed by atoms with Gasteiger partial charge in [0, 0.05) is 30.0 Å².